The van der Waals surface area contributed by atoms with Gasteiger partial charge in [-0.3, -0.25) is 14.5 Å². The largest absolute Gasteiger partial charge is 0.417 e. The van der Waals surface area contributed by atoms with E-state index in [1.807, 2.05) is 12.2 Å². The van der Waals surface area contributed by atoms with E-state index >= 15 is 0 Å². The monoisotopic (exact) mass is 367 g/mol. The van der Waals surface area contributed by atoms with Gasteiger partial charge in [-0.15, -0.1) is 0 Å². The van der Waals surface area contributed by atoms with E-state index in [0.29, 0.717) is 11.8 Å². The van der Waals surface area contributed by atoms with Gasteiger partial charge in [0, 0.05) is 0 Å². The Morgan fingerprint density at radius 1 is 1.00 bits per heavy atom. The minimum atomic E-state index is -4.64. The van der Waals surface area contributed by atoms with E-state index in [4.69, 9.17) is 11.6 Å². The Morgan fingerprint density at radius 2 is 1.56 bits per heavy atom. The summed E-state index contributed by atoms with van der Waals surface area (Å²) in [6, 6.07) is 3.19. The topological polar surface area (TPSA) is 37.4 Å². The molecule has 2 saturated carbocycles. The molecule has 3 fully saturated rings. The zero-order valence-electron chi connectivity index (χ0n) is 12.8. The van der Waals surface area contributed by atoms with Crippen LogP contribution < -0.4 is 4.90 Å². The first-order valence-corrected chi connectivity index (χ1v) is 8.59. The fraction of sp³-hybridized carbons (Fsp3) is 0.444. The van der Waals surface area contributed by atoms with Crippen LogP contribution in [0.1, 0.15) is 12.0 Å². The number of allylic oxidation sites excluding steroid dienone is 2. The lowest BCUT2D eigenvalue weighted by atomic mass is 9.63. The van der Waals surface area contributed by atoms with Crippen LogP contribution in [0.4, 0.5) is 18.9 Å². The summed E-state index contributed by atoms with van der Waals surface area (Å²) < 4.78 is 39.3. The van der Waals surface area contributed by atoms with Crippen molar-refractivity contribution in [3.8, 4) is 0 Å². The maximum Gasteiger partial charge on any atom is 0.417 e. The smallest absolute Gasteiger partial charge is 0.274 e. The van der Waals surface area contributed by atoms with Gasteiger partial charge in [0.05, 0.1) is 28.1 Å². The van der Waals surface area contributed by atoms with Crippen molar-refractivity contribution in [2.45, 2.75) is 12.6 Å². The highest BCUT2D eigenvalue weighted by Crippen LogP contribution is 2.65. The second kappa shape index (κ2) is 4.67. The highest BCUT2D eigenvalue weighted by atomic mass is 35.5. The molecule has 1 aromatic carbocycles. The number of amides is 2. The number of hydrogen-bond donors (Lipinski definition) is 0. The van der Waals surface area contributed by atoms with Gasteiger partial charge in [0.1, 0.15) is 0 Å². The van der Waals surface area contributed by atoms with E-state index in [9.17, 15) is 22.8 Å². The molecule has 0 radical (unpaired) electrons. The van der Waals surface area contributed by atoms with E-state index in [1.54, 1.807) is 0 Å². The number of alkyl halides is 3. The second-order valence-corrected chi connectivity index (χ2v) is 7.74. The molecular formula is C18H13ClF3NO2. The van der Waals surface area contributed by atoms with Crippen molar-refractivity contribution in [2.24, 2.45) is 35.5 Å². The highest BCUT2D eigenvalue weighted by Gasteiger charge is 2.67. The van der Waals surface area contributed by atoms with Crippen LogP contribution >= 0.6 is 11.6 Å². The van der Waals surface area contributed by atoms with Crippen molar-refractivity contribution in [3.63, 3.8) is 0 Å². The zero-order valence-corrected chi connectivity index (χ0v) is 13.6. The maximum atomic E-state index is 13.1. The summed E-state index contributed by atoms with van der Waals surface area (Å²) in [6.07, 6.45) is 0.443. The zero-order chi connectivity index (χ0) is 17.7. The fourth-order valence-corrected chi connectivity index (χ4v) is 5.31. The Labute approximate surface area is 146 Å². The summed E-state index contributed by atoms with van der Waals surface area (Å²) in [5.74, 6) is -0.655. The van der Waals surface area contributed by atoms with Crippen molar-refractivity contribution < 1.29 is 22.8 Å². The van der Waals surface area contributed by atoms with E-state index in [2.05, 4.69) is 0 Å². The molecule has 130 valence electrons. The fourth-order valence-electron chi connectivity index (χ4n) is 5.08. The molecule has 6 atom stereocenters. The standard InChI is InChI=1S/C18H13ClF3NO2/c19-13-4-1-7(5-12(13)18(20,21)22)23-16(24)14-8-2-3-9(11-6-10(8)11)15(14)17(23)25/h1-5,8-11,14-15H,6H2/t8-,9-,10-,11+,14-,15-/m1/s1. The summed E-state index contributed by atoms with van der Waals surface area (Å²) in [5, 5.41) is -0.448. The van der Waals surface area contributed by atoms with Crippen LogP contribution in [0, 0.1) is 35.5 Å². The lowest BCUT2D eigenvalue weighted by molar-refractivity contribution is -0.137. The van der Waals surface area contributed by atoms with Crippen LogP contribution in [-0.2, 0) is 15.8 Å². The molecule has 2 amide bonds. The Kier molecular flexibility index (Phi) is 2.88. The minimum Gasteiger partial charge on any atom is -0.274 e. The quantitative estimate of drug-likeness (QED) is 0.557. The Morgan fingerprint density at radius 3 is 2.08 bits per heavy atom. The Balaban J connectivity index is 1.57. The lowest BCUT2D eigenvalue weighted by Gasteiger charge is -2.37. The normalized spacial score (nSPS) is 38.2. The number of anilines is 1. The van der Waals surface area contributed by atoms with Crippen molar-refractivity contribution >= 4 is 29.1 Å². The van der Waals surface area contributed by atoms with Crippen LogP contribution in [-0.4, -0.2) is 11.8 Å². The maximum absolute atomic E-state index is 13.1. The molecule has 1 aromatic rings. The van der Waals surface area contributed by atoms with E-state index in [1.165, 1.54) is 6.07 Å². The average Bonchev–Trinajstić information content (AvgIpc) is 3.32. The SMILES string of the molecule is O=C1[C@@H]2[C@@H]3C=C[C@H]([C@@H]4C[C@H]34)[C@H]2C(=O)N1c1ccc(Cl)c(C(F)(F)F)c1. The molecule has 2 bridgehead atoms. The predicted octanol–water partition coefficient (Wildman–Crippen LogP) is 3.92. The average molecular weight is 368 g/mol. The van der Waals surface area contributed by atoms with E-state index < -0.39 is 28.6 Å². The van der Waals surface area contributed by atoms with Crippen molar-refractivity contribution in [1.29, 1.82) is 0 Å². The van der Waals surface area contributed by atoms with Crippen LogP contribution in [0.15, 0.2) is 30.4 Å². The summed E-state index contributed by atoms with van der Waals surface area (Å²) in [6.45, 7) is 0. The number of hydrogen-bond acceptors (Lipinski definition) is 2. The molecular weight excluding hydrogens is 355 g/mol. The van der Waals surface area contributed by atoms with Gasteiger partial charge in [-0.1, -0.05) is 23.8 Å². The predicted molar refractivity (Wildman–Crippen MR) is 83.6 cm³/mol. The summed E-state index contributed by atoms with van der Waals surface area (Å²) in [4.78, 5) is 26.8. The van der Waals surface area contributed by atoms with Gasteiger partial charge in [-0.25, -0.2) is 0 Å². The number of nitrogens with zero attached hydrogens (tertiary/aromatic N) is 1. The molecule has 1 heterocycles. The number of imide groups is 1. The van der Waals surface area contributed by atoms with E-state index in [-0.39, 0.29) is 29.3 Å². The van der Waals surface area contributed by atoms with Crippen LogP contribution in [0.3, 0.4) is 0 Å². The first-order chi connectivity index (χ1) is 11.8. The third-order valence-corrected chi connectivity index (χ3v) is 6.51. The molecule has 0 aromatic heterocycles. The molecule has 0 unspecified atom stereocenters. The summed E-state index contributed by atoms with van der Waals surface area (Å²) in [7, 11) is 0. The molecule has 1 saturated heterocycles. The van der Waals surface area contributed by atoms with Crippen LogP contribution in [0.5, 0.6) is 0 Å². The molecule has 5 aliphatic rings. The molecule has 0 spiro atoms. The van der Waals surface area contributed by atoms with Gasteiger partial charge in [0.15, 0.2) is 0 Å². The number of halogens is 4. The van der Waals surface area contributed by atoms with Crippen molar-refractivity contribution in [1.82, 2.24) is 0 Å². The molecule has 0 N–H and O–H groups in total. The van der Waals surface area contributed by atoms with E-state index in [0.717, 1.165) is 23.5 Å². The molecule has 4 aliphatic carbocycles. The van der Waals surface area contributed by atoms with Crippen LogP contribution in [0.25, 0.3) is 0 Å². The van der Waals surface area contributed by atoms with Crippen molar-refractivity contribution in [3.05, 3.63) is 40.9 Å². The summed E-state index contributed by atoms with van der Waals surface area (Å²) >= 11 is 5.65. The Hall–Kier alpha value is -1.82. The lowest BCUT2D eigenvalue weighted by Crippen LogP contribution is -2.40. The van der Waals surface area contributed by atoms with Gasteiger partial charge in [-0.05, 0) is 48.3 Å². The molecule has 7 heteroatoms. The first kappa shape index (κ1) is 15.4. The minimum absolute atomic E-state index is 0.0378. The molecule has 6 rings (SSSR count). The van der Waals surface area contributed by atoms with Gasteiger partial charge in [0.25, 0.3) is 0 Å². The Bertz CT molecular complexity index is 813. The van der Waals surface area contributed by atoms with Gasteiger partial charge >= 0.3 is 6.18 Å². The molecule has 1 aliphatic heterocycles. The van der Waals surface area contributed by atoms with Crippen molar-refractivity contribution in [2.75, 3.05) is 4.90 Å². The van der Waals surface area contributed by atoms with Gasteiger partial charge in [-0.2, -0.15) is 13.2 Å². The molecule has 3 nitrogen and oxygen atoms in total. The summed E-state index contributed by atoms with van der Waals surface area (Å²) in [5.41, 5.74) is -1.08. The molecule has 25 heavy (non-hydrogen) atoms. The second-order valence-electron chi connectivity index (χ2n) is 7.33. The number of carbonyl (C=O) groups excluding carboxylic acids is 2. The van der Waals surface area contributed by atoms with Crippen LogP contribution in [0.2, 0.25) is 5.02 Å². The van der Waals surface area contributed by atoms with Gasteiger partial charge in [0.2, 0.25) is 11.8 Å². The van der Waals surface area contributed by atoms with Gasteiger partial charge < -0.3 is 0 Å². The number of benzene rings is 1. The first-order valence-electron chi connectivity index (χ1n) is 8.22. The third kappa shape index (κ3) is 1.94. The highest BCUT2D eigenvalue weighted by molar-refractivity contribution is 6.31. The third-order valence-electron chi connectivity index (χ3n) is 6.18. The number of carbonyl (C=O) groups is 2. The number of rotatable bonds is 1.